The van der Waals surface area contributed by atoms with Gasteiger partial charge in [-0.3, -0.25) is 19.2 Å². The molecular formula is C46H80N6O7S. The van der Waals surface area contributed by atoms with E-state index in [0.29, 0.717) is 47.4 Å². The van der Waals surface area contributed by atoms with E-state index in [-0.39, 0.29) is 71.6 Å². The molecule has 0 spiro atoms. The van der Waals surface area contributed by atoms with Gasteiger partial charge in [0.1, 0.15) is 18.2 Å². The Hall–Kier alpha value is -1.52. The molecule has 2 heterocycles. The highest BCUT2D eigenvalue weighted by Gasteiger charge is 2.58. The largest absolute Gasteiger partial charge is 0.394 e. The summed E-state index contributed by atoms with van der Waals surface area (Å²) in [5, 5.41) is 34.5. The summed E-state index contributed by atoms with van der Waals surface area (Å²) in [5.41, 5.74) is 0.299. The predicted molar refractivity (Wildman–Crippen MR) is 234 cm³/mol. The average Bonchev–Trinajstić information content (AvgIpc) is 3.81. The van der Waals surface area contributed by atoms with E-state index in [1.54, 1.807) is 38.1 Å². The Kier molecular flexibility index (Phi) is 14.9. The number of methoxy groups -OCH3 is 1. The fourth-order valence-electron chi connectivity index (χ4n) is 13.5. The Morgan fingerprint density at radius 2 is 1.75 bits per heavy atom. The van der Waals surface area contributed by atoms with Crippen LogP contribution in [0, 0.1) is 52.8 Å². The third kappa shape index (κ3) is 9.47. The summed E-state index contributed by atoms with van der Waals surface area (Å²) >= 11 is 1.95. The molecule has 0 aromatic rings. The molecule has 60 heavy (non-hydrogen) atoms. The number of carbonyl (C=O) groups excluding carboxylic acids is 3. The molecule has 6 saturated carbocycles. The molecule has 13 nitrogen and oxygen atoms in total. The van der Waals surface area contributed by atoms with Gasteiger partial charge in [0.05, 0.1) is 24.2 Å². The lowest BCUT2D eigenvalue weighted by Crippen LogP contribution is -2.62. The highest BCUT2D eigenvalue weighted by molar-refractivity contribution is 8.00. The van der Waals surface area contributed by atoms with Crippen molar-refractivity contribution in [2.45, 2.75) is 170 Å². The van der Waals surface area contributed by atoms with Crippen molar-refractivity contribution in [1.82, 2.24) is 30.8 Å². The van der Waals surface area contributed by atoms with Gasteiger partial charge < -0.3 is 40.7 Å². The maximum atomic E-state index is 14.4. The van der Waals surface area contributed by atoms with Crippen LogP contribution in [0.3, 0.4) is 0 Å². The zero-order valence-corrected chi connectivity index (χ0v) is 39.0. The normalized spacial score (nSPS) is 42.5. The fraction of sp³-hybridized carbons (Fsp3) is 0.935. The van der Waals surface area contributed by atoms with Crippen LogP contribution >= 0.6 is 11.8 Å². The van der Waals surface area contributed by atoms with E-state index in [1.165, 1.54) is 32.1 Å². The number of hydrogen-bond donors (Lipinski definition) is 5. The molecule has 5 N–H and O–H groups in total. The summed E-state index contributed by atoms with van der Waals surface area (Å²) in [6.07, 6.45) is 11.3. The monoisotopic (exact) mass is 861 g/mol. The molecule has 8 fully saturated rings. The summed E-state index contributed by atoms with van der Waals surface area (Å²) < 4.78 is 6.45. The van der Waals surface area contributed by atoms with E-state index in [1.807, 2.05) is 11.8 Å². The van der Waals surface area contributed by atoms with Crippen molar-refractivity contribution >= 4 is 29.5 Å². The van der Waals surface area contributed by atoms with Gasteiger partial charge in [0.25, 0.3) is 0 Å². The lowest BCUT2D eigenvalue weighted by atomic mass is 9.45. The van der Waals surface area contributed by atoms with E-state index in [9.17, 15) is 24.6 Å². The van der Waals surface area contributed by atoms with Crippen molar-refractivity contribution in [3.05, 3.63) is 0 Å². The Labute approximate surface area is 364 Å². The minimum absolute atomic E-state index is 0.0276. The number of hydrogen-bond acceptors (Lipinski definition) is 11. The summed E-state index contributed by atoms with van der Waals surface area (Å²) in [5.74, 6) is 0.984. The van der Waals surface area contributed by atoms with Crippen LogP contribution in [0.4, 0.5) is 0 Å². The number of fused-ring (bicyclic) bond motifs is 3. The van der Waals surface area contributed by atoms with Crippen molar-refractivity contribution in [3.8, 4) is 0 Å². The molecule has 2 saturated heterocycles. The van der Waals surface area contributed by atoms with Gasteiger partial charge in [0.15, 0.2) is 0 Å². The topological polar surface area (TPSA) is 156 Å². The number of nitrogens with zero attached hydrogens (tertiary/aromatic N) is 3. The predicted octanol–water partition coefficient (Wildman–Crippen LogP) is 3.86. The molecule has 0 aromatic carbocycles. The molecule has 3 amide bonds. The molecule has 0 aromatic heterocycles. The number of aliphatic hydroxyl groups excluding tert-OH is 2. The molecule has 0 radical (unpaired) electrons. The van der Waals surface area contributed by atoms with Gasteiger partial charge in [-0.15, -0.1) is 11.8 Å². The number of thioether (sulfide) groups is 1. The second kappa shape index (κ2) is 19.3. The lowest BCUT2D eigenvalue weighted by Gasteiger charge is -2.62. The molecule has 18 atom stereocenters. The molecule has 2 aliphatic heterocycles. The number of amides is 3. The minimum atomic E-state index is -0.852. The number of carbonyl (C=O) groups is 3. The third-order valence-corrected chi connectivity index (χ3v) is 18.7. The van der Waals surface area contributed by atoms with Crippen LogP contribution in [0.15, 0.2) is 0 Å². The zero-order valence-electron chi connectivity index (χ0n) is 38.2. The van der Waals surface area contributed by atoms with E-state index < -0.39 is 30.2 Å². The van der Waals surface area contributed by atoms with Crippen molar-refractivity contribution in [2.24, 2.45) is 52.8 Å². The first-order valence-electron chi connectivity index (χ1n) is 23.7. The molecule has 2 bridgehead atoms. The van der Waals surface area contributed by atoms with Gasteiger partial charge >= 0.3 is 0 Å². The van der Waals surface area contributed by atoms with Gasteiger partial charge in [-0.05, 0) is 114 Å². The smallest absolute Gasteiger partial charge is 0.244 e. The lowest BCUT2D eigenvalue weighted by molar-refractivity contribution is -0.193. The van der Waals surface area contributed by atoms with Crippen molar-refractivity contribution < 1.29 is 34.2 Å². The molecule has 8 rings (SSSR count). The first-order valence-corrected chi connectivity index (χ1v) is 24.6. The molecule has 6 aliphatic carbocycles. The highest BCUT2D eigenvalue weighted by Crippen LogP contribution is 2.61. The van der Waals surface area contributed by atoms with Gasteiger partial charge in [0.2, 0.25) is 17.7 Å². The Balaban J connectivity index is 1.04. The van der Waals surface area contributed by atoms with Crippen LogP contribution in [0.1, 0.15) is 111 Å². The number of rotatable bonds is 14. The summed E-state index contributed by atoms with van der Waals surface area (Å²) in [4.78, 5) is 52.7. The van der Waals surface area contributed by atoms with E-state index in [0.717, 1.165) is 44.9 Å². The fourth-order valence-corrected chi connectivity index (χ4v) is 15.2. The molecular weight excluding hydrogens is 781 g/mol. The van der Waals surface area contributed by atoms with Crippen LogP contribution in [0.25, 0.3) is 0 Å². The first-order chi connectivity index (χ1) is 28.5. The Morgan fingerprint density at radius 3 is 2.38 bits per heavy atom. The summed E-state index contributed by atoms with van der Waals surface area (Å²) in [6, 6.07) is -0.545. The third-order valence-electron chi connectivity index (χ3n) is 17.1. The maximum absolute atomic E-state index is 14.4. The van der Waals surface area contributed by atoms with Crippen molar-refractivity contribution in [3.63, 3.8) is 0 Å². The minimum Gasteiger partial charge on any atom is -0.394 e. The van der Waals surface area contributed by atoms with Crippen LogP contribution < -0.4 is 16.0 Å². The zero-order chi connectivity index (χ0) is 43.2. The van der Waals surface area contributed by atoms with Crippen molar-refractivity contribution in [1.29, 1.82) is 0 Å². The first kappa shape index (κ1) is 46.5. The second-order valence-electron chi connectivity index (χ2n) is 21.3. The molecule has 8 aliphatic rings. The highest BCUT2D eigenvalue weighted by atomic mass is 32.2. The molecule has 9 unspecified atom stereocenters. The SMILES string of the molecule is COC1C(CN2O[C@@H](CO)[C@@H]([C@H](C)O)[C@H]2C(=O)N[C@H]2C[C@H]3C[C@@H]([C@@H]2C)C3(C)C)CCCC1C1CC(C(=O)N[C@H](CC2NC3CCCCC3S2)C(=O)N(C)C)CC(N(C)C)C1. The summed E-state index contributed by atoms with van der Waals surface area (Å²) in [7, 11) is 9.54. The standard InChI is InChI=1S/C46H80N6O7S/c1-25-33-20-30(46(33,3)4)21-35(25)48-44(56)41-40(26(2)54)37(24-53)59-52(41)23-27-13-12-14-32(42(27)58-9)28-17-29(19-31(18-28)50(5)6)43(55)49-36(45(57)51(7)8)22-39-47-34-15-10-11-16-38(34)60-39/h25-42,47,53-54H,10-24H2,1-9H3,(H,48,56)(H,49,55)/t25-,26-,27?,28?,29?,30+,31?,32?,33-,34?,35-,36+,37-,38?,39?,40+,41-,42?/m0/s1. The van der Waals surface area contributed by atoms with Gasteiger partial charge in [-0.1, -0.05) is 40.0 Å². The van der Waals surface area contributed by atoms with E-state index in [4.69, 9.17) is 9.57 Å². The Bertz CT molecular complexity index is 1490. The second-order valence-corrected chi connectivity index (χ2v) is 22.8. The van der Waals surface area contributed by atoms with Gasteiger partial charge in [-0.25, -0.2) is 0 Å². The number of hydroxylamine groups is 2. The van der Waals surface area contributed by atoms with E-state index >= 15 is 0 Å². The van der Waals surface area contributed by atoms with Gasteiger partial charge in [-0.2, -0.15) is 5.06 Å². The van der Waals surface area contributed by atoms with Crippen LogP contribution in [-0.4, -0.2) is 150 Å². The average molecular weight is 861 g/mol. The summed E-state index contributed by atoms with van der Waals surface area (Å²) in [6.45, 7) is 8.84. The Morgan fingerprint density at radius 1 is 1.00 bits per heavy atom. The quantitative estimate of drug-likeness (QED) is 0.173. The maximum Gasteiger partial charge on any atom is 0.244 e. The van der Waals surface area contributed by atoms with Crippen LogP contribution in [-0.2, 0) is 24.0 Å². The molecule has 342 valence electrons. The number of aliphatic hydroxyl groups is 2. The van der Waals surface area contributed by atoms with Gasteiger partial charge in [0, 0.05) is 75.3 Å². The van der Waals surface area contributed by atoms with Crippen molar-refractivity contribution in [2.75, 3.05) is 48.5 Å². The van der Waals surface area contributed by atoms with E-state index in [2.05, 4.69) is 55.7 Å². The van der Waals surface area contributed by atoms with Crippen LogP contribution in [0.5, 0.6) is 0 Å². The van der Waals surface area contributed by atoms with Crippen LogP contribution in [0.2, 0.25) is 0 Å². The number of likely N-dealkylation sites (N-methyl/N-ethyl adjacent to an activating group) is 1. The number of ether oxygens (including phenoxy) is 1. The molecule has 14 heteroatoms. The number of nitrogens with one attached hydrogen (secondary N) is 3.